The summed E-state index contributed by atoms with van der Waals surface area (Å²) in [5.41, 5.74) is 1.04. The Bertz CT molecular complexity index is 887. The van der Waals surface area contributed by atoms with Gasteiger partial charge in [-0.15, -0.1) is 13.2 Å². The molecule has 0 radical (unpaired) electrons. The van der Waals surface area contributed by atoms with Crippen molar-refractivity contribution in [3.05, 3.63) is 54.2 Å². The van der Waals surface area contributed by atoms with Crippen LogP contribution >= 0.6 is 0 Å². The molecule has 0 atom stereocenters. The molecule has 1 N–H and O–H groups in total. The molecule has 0 aliphatic rings. The average molecular weight is 322 g/mol. The Morgan fingerprint density at radius 3 is 2.65 bits per heavy atom. The number of fused-ring (bicyclic) bond motifs is 1. The van der Waals surface area contributed by atoms with Gasteiger partial charge in [0.1, 0.15) is 5.75 Å². The van der Waals surface area contributed by atoms with E-state index in [1.54, 1.807) is 12.1 Å². The molecule has 0 saturated heterocycles. The number of hydrogen-bond donors (Lipinski definition) is 1. The van der Waals surface area contributed by atoms with Gasteiger partial charge < -0.3 is 9.84 Å². The zero-order valence-corrected chi connectivity index (χ0v) is 11.4. The molecule has 0 aliphatic heterocycles. The lowest BCUT2D eigenvalue weighted by atomic mass is 10.1. The number of alkyl halides is 3. The lowest BCUT2D eigenvalue weighted by Crippen LogP contribution is -2.17. The van der Waals surface area contributed by atoms with Crippen molar-refractivity contribution in [1.82, 2.24) is 9.78 Å². The molecular formula is C15H9F3N2O3. The van der Waals surface area contributed by atoms with Gasteiger partial charge in [0.2, 0.25) is 0 Å². The highest BCUT2D eigenvalue weighted by atomic mass is 19.4. The topological polar surface area (TPSA) is 64.3 Å². The van der Waals surface area contributed by atoms with Gasteiger partial charge in [-0.3, -0.25) is 0 Å². The maximum atomic E-state index is 12.3. The van der Waals surface area contributed by atoms with Gasteiger partial charge in [0, 0.05) is 11.5 Å². The normalized spacial score (nSPS) is 11.6. The molecule has 2 aromatic carbocycles. The first kappa shape index (κ1) is 14.9. The van der Waals surface area contributed by atoms with Crippen LogP contribution in [0.5, 0.6) is 5.75 Å². The number of rotatable bonds is 3. The van der Waals surface area contributed by atoms with Gasteiger partial charge in [0.15, 0.2) is 0 Å². The van der Waals surface area contributed by atoms with E-state index in [1.165, 1.54) is 41.2 Å². The molecule has 0 bridgehead atoms. The third kappa shape index (κ3) is 3.10. The molecule has 118 valence electrons. The molecule has 0 unspecified atom stereocenters. The molecule has 0 spiro atoms. The molecule has 3 rings (SSSR count). The summed E-state index contributed by atoms with van der Waals surface area (Å²) in [6.07, 6.45) is -3.33. The molecule has 5 nitrogen and oxygen atoms in total. The van der Waals surface area contributed by atoms with Crippen LogP contribution in [-0.2, 0) is 0 Å². The van der Waals surface area contributed by atoms with E-state index in [0.717, 1.165) is 0 Å². The minimum absolute atomic E-state index is 0.103. The first-order valence-electron chi connectivity index (χ1n) is 6.41. The van der Waals surface area contributed by atoms with Crippen LogP contribution in [0.3, 0.4) is 0 Å². The monoisotopic (exact) mass is 322 g/mol. The Balaban J connectivity index is 2.03. The van der Waals surface area contributed by atoms with E-state index in [4.69, 9.17) is 5.11 Å². The fourth-order valence-electron chi connectivity index (χ4n) is 2.18. The Hall–Kier alpha value is -3.03. The molecule has 0 fully saturated rings. The van der Waals surface area contributed by atoms with E-state index in [0.29, 0.717) is 16.6 Å². The highest BCUT2D eigenvalue weighted by Crippen LogP contribution is 2.26. The fourth-order valence-corrected chi connectivity index (χ4v) is 2.18. The number of carbonyl (C=O) groups is 1. The lowest BCUT2D eigenvalue weighted by molar-refractivity contribution is -0.274. The van der Waals surface area contributed by atoms with Crippen molar-refractivity contribution in [3.8, 4) is 11.4 Å². The Labute approximate surface area is 127 Å². The number of benzene rings is 2. The van der Waals surface area contributed by atoms with Crippen LogP contribution in [0, 0.1) is 0 Å². The van der Waals surface area contributed by atoms with E-state index in [-0.39, 0.29) is 11.3 Å². The predicted molar refractivity (Wildman–Crippen MR) is 74.7 cm³/mol. The third-order valence-corrected chi connectivity index (χ3v) is 3.11. The summed E-state index contributed by atoms with van der Waals surface area (Å²) >= 11 is 0. The van der Waals surface area contributed by atoms with E-state index >= 15 is 0 Å². The smallest absolute Gasteiger partial charge is 0.478 e. The van der Waals surface area contributed by atoms with Crippen LogP contribution in [0.25, 0.3) is 16.6 Å². The number of carboxylic acid groups (broad SMARTS) is 1. The molecule has 8 heteroatoms. The van der Waals surface area contributed by atoms with Crippen LogP contribution in [0.15, 0.2) is 48.7 Å². The summed E-state index contributed by atoms with van der Waals surface area (Å²) in [6.45, 7) is 0. The van der Waals surface area contributed by atoms with E-state index < -0.39 is 12.3 Å². The minimum Gasteiger partial charge on any atom is -0.478 e. The van der Waals surface area contributed by atoms with Gasteiger partial charge in [0.05, 0.1) is 23.0 Å². The van der Waals surface area contributed by atoms with Crippen LogP contribution in [0.1, 0.15) is 10.4 Å². The van der Waals surface area contributed by atoms with Gasteiger partial charge in [0.25, 0.3) is 0 Å². The number of halogens is 3. The predicted octanol–water partition coefficient (Wildman–Crippen LogP) is 3.62. The molecule has 1 aromatic heterocycles. The third-order valence-electron chi connectivity index (χ3n) is 3.11. The molecule has 23 heavy (non-hydrogen) atoms. The fraction of sp³-hybridized carbons (Fsp3) is 0.0667. The summed E-state index contributed by atoms with van der Waals surface area (Å²) < 4.78 is 42.2. The van der Waals surface area contributed by atoms with Crippen LogP contribution in [0.2, 0.25) is 0 Å². The number of carboxylic acids is 1. The van der Waals surface area contributed by atoms with Crippen LogP contribution in [0.4, 0.5) is 13.2 Å². The maximum Gasteiger partial charge on any atom is 0.573 e. The standard InChI is InChI=1S/C15H9F3N2O3/c16-15(17,18)23-12-3-1-2-11(7-12)20-13-5-4-9(14(21)22)6-10(13)8-19-20/h1-8H,(H,21,22). The zero-order chi connectivity index (χ0) is 16.6. The second-order valence-electron chi connectivity index (χ2n) is 4.68. The summed E-state index contributed by atoms with van der Waals surface area (Å²) in [7, 11) is 0. The van der Waals surface area contributed by atoms with E-state index in [2.05, 4.69) is 9.84 Å². The van der Waals surface area contributed by atoms with Gasteiger partial charge >= 0.3 is 12.3 Å². The van der Waals surface area contributed by atoms with Gasteiger partial charge in [-0.2, -0.15) is 5.10 Å². The second-order valence-corrected chi connectivity index (χ2v) is 4.68. The quantitative estimate of drug-likeness (QED) is 0.800. The highest BCUT2D eigenvalue weighted by Gasteiger charge is 2.31. The molecule has 0 aliphatic carbocycles. The van der Waals surface area contributed by atoms with Gasteiger partial charge in [-0.1, -0.05) is 6.07 Å². The first-order chi connectivity index (χ1) is 10.8. The van der Waals surface area contributed by atoms with Crippen molar-refractivity contribution in [2.75, 3.05) is 0 Å². The number of hydrogen-bond acceptors (Lipinski definition) is 3. The number of ether oxygens (including phenoxy) is 1. The van der Waals surface area contributed by atoms with Crippen molar-refractivity contribution in [2.24, 2.45) is 0 Å². The minimum atomic E-state index is -4.78. The van der Waals surface area contributed by atoms with Gasteiger partial charge in [-0.05, 0) is 30.3 Å². The average Bonchev–Trinajstić information content (AvgIpc) is 2.88. The molecule has 1 heterocycles. The van der Waals surface area contributed by atoms with E-state index in [9.17, 15) is 18.0 Å². The van der Waals surface area contributed by atoms with Crippen molar-refractivity contribution in [2.45, 2.75) is 6.36 Å². The van der Waals surface area contributed by atoms with Crippen LogP contribution < -0.4 is 4.74 Å². The van der Waals surface area contributed by atoms with Crippen molar-refractivity contribution < 1.29 is 27.8 Å². The molecular weight excluding hydrogens is 313 g/mol. The van der Waals surface area contributed by atoms with Crippen LogP contribution in [-0.4, -0.2) is 27.2 Å². The number of aromatic nitrogens is 2. The van der Waals surface area contributed by atoms with Crippen molar-refractivity contribution >= 4 is 16.9 Å². The Morgan fingerprint density at radius 2 is 1.96 bits per heavy atom. The maximum absolute atomic E-state index is 12.3. The summed E-state index contributed by atoms with van der Waals surface area (Å²) in [6, 6.07) is 9.76. The molecule has 0 amide bonds. The Morgan fingerprint density at radius 1 is 1.17 bits per heavy atom. The lowest BCUT2D eigenvalue weighted by Gasteiger charge is -2.10. The summed E-state index contributed by atoms with van der Waals surface area (Å²) in [5.74, 6) is -1.43. The largest absolute Gasteiger partial charge is 0.573 e. The molecule has 0 saturated carbocycles. The SMILES string of the molecule is O=C(O)c1ccc2c(cnn2-c2cccc(OC(F)(F)F)c2)c1. The van der Waals surface area contributed by atoms with E-state index in [1.807, 2.05) is 0 Å². The highest BCUT2D eigenvalue weighted by molar-refractivity contribution is 5.93. The molecule has 3 aromatic rings. The van der Waals surface area contributed by atoms with Gasteiger partial charge in [-0.25, -0.2) is 9.48 Å². The number of aromatic carboxylic acids is 1. The zero-order valence-electron chi connectivity index (χ0n) is 11.4. The number of nitrogens with zero attached hydrogens (tertiary/aromatic N) is 2. The summed E-state index contributed by atoms with van der Waals surface area (Å²) in [5, 5.41) is 13.6. The Kier molecular flexibility index (Phi) is 3.44. The summed E-state index contributed by atoms with van der Waals surface area (Å²) in [4.78, 5) is 10.9. The van der Waals surface area contributed by atoms with Crippen molar-refractivity contribution in [1.29, 1.82) is 0 Å². The second kappa shape index (κ2) is 5.31. The first-order valence-corrected chi connectivity index (χ1v) is 6.41. The van der Waals surface area contributed by atoms with Crippen molar-refractivity contribution in [3.63, 3.8) is 0 Å².